The lowest BCUT2D eigenvalue weighted by Gasteiger charge is -2.24. The zero-order valence-corrected chi connectivity index (χ0v) is 9.18. The molecule has 2 rings (SSSR count). The molecular weight excluding hydrogens is 246 g/mol. The van der Waals surface area contributed by atoms with Gasteiger partial charge in [-0.15, -0.1) is 0 Å². The van der Waals surface area contributed by atoms with Crippen LogP contribution in [0.15, 0.2) is 21.9 Å². The van der Waals surface area contributed by atoms with Crippen LogP contribution in [0.1, 0.15) is 6.23 Å². The lowest BCUT2D eigenvalue weighted by atomic mass is 10.1. The van der Waals surface area contributed by atoms with Gasteiger partial charge in [0.2, 0.25) is 0 Å². The van der Waals surface area contributed by atoms with Crippen molar-refractivity contribution in [2.45, 2.75) is 24.2 Å². The van der Waals surface area contributed by atoms with Crippen LogP contribution in [0.3, 0.4) is 0 Å². The number of ether oxygens (including phenoxy) is 1. The van der Waals surface area contributed by atoms with E-state index in [0.29, 0.717) is 0 Å². The van der Waals surface area contributed by atoms with Crippen molar-refractivity contribution < 1.29 is 20.1 Å². The third-order valence-electron chi connectivity index (χ3n) is 2.83. The van der Waals surface area contributed by atoms with Crippen LogP contribution < -0.4 is 17.0 Å². The minimum atomic E-state index is -1.86. The van der Waals surface area contributed by atoms with Gasteiger partial charge >= 0.3 is 5.69 Å². The maximum atomic E-state index is 11.5. The third-order valence-corrected chi connectivity index (χ3v) is 2.83. The number of nitrogens with zero attached hydrogens (tertiary/aromatic N) is 1. The minimum Gasteiger partial charge on any atom is -0.392 e. The van der Waals surface area contributed by atoms with Gasteiger partial charge in [-0.2, -0.15) is 0 Å². The van der Waals surface area contributed by atoms with Crippen molar-refractivity contribution in [3.8, 4) is 0 Å². The number of nitrogens with one attached hydrogen (secondary N) is 1. The summed E-state index contributed by atoms with van der Waals surface area (Å²) in [4.78, 5) is 24.4. The molecule has 18 heavy (non-hydrogen) atoms. The highest BCUT2D eigenvalue weighted by Crippen LogP contribution is 2.32. The summed E-state index contributed by atoms with van der Waals surface area (Å²) in [5.41, 5.74) is 2.24. The fourth-order valence-corrected chi connectivity index (χ4v) is 1.79. The molecule has 1 fully saturated rings. The van der Waals surface area contributed by atoms with Gasteiger partial charge in [0.15, 0.2) is 12.0 Å². The molecule has 1 aliphatic heterocycles. The fourth-order valence-electron chi connectivity index (χ4n) is 1.79. The zero-order valence-electron chi connectivity index (χ0n) is 9.18. The van der Waals surface area contributed by atoms with E-state index in [1.165, 1.54) is 0 Å². The topological polar surface area (TPSA) is 151 Å². The lowest BCUT2D eigenvalue weighted by Crippen LogP contribution is -2.54. The van der Waals surface area contributed by atoms with Crippen molar-refractivity contribution >= 4 is 0 Å². The Bertz CT molecular complexity index is 554. The summed E-state index contributed by atoms with van der Waals surface area (Å²) in [5.74, 6) is 0. The fraction of sp³-hybridized carbons (Fsp3) is 0.556. The first-order valence-corrected chi connectivity index (χ1v) is 5.14. The average molecular weight is 259 g/mol. The first kappa shape index (κ1) is 12.9. The van der Waals surface area contributed by atoms with Gasteiger partial charge in [-0.3, -0.25) is 20.1 Å². The van der Waals surface area contributed by atoms with E-state index in [4.69, 9.17) is 15.6 Å². The van der Waals surface area contributed by atoms with Gasteiger partial charge < -0.3 is 20.1 Å². The molecule has 9 nitrogen and oxygen atoms in total. The molecule has 1 aliphatic rings. The first-order valence-electron chi connectivity index (χ1n) is 5.14. The second-order valence-electron chi connectivity index (χ2n) is 4.07. The van der Waals surface area contributed by atoms with Crippen molar-refractivity contribution in [1.82, 2.24) is 9.55 Å². The molecular formula is C9H13N3O6. The summed E-state index contributed by atoms with van der Waals surface area (Å²) in [5, 5.41) is 28.4. The summed E-state index contributed by atoms with van der Waals surface area (Å²) in [6.45, 7) is -0.736. The zero-order chi connectivity index (χ0) is 13.5. The van der Waals surface area contributed by atoms with Crippen LogP contribution in [-0.4, -0.2) is 49.4 Å². The third kappa shape index (κ3) is 1.87. The van der Waals surface area contributed by atoms with Crippen molar-refractivity contribution in [2.75, 3.05) is 6.61 Å². The molecule has 1 unspecified atom stereocenters. The largest absolute Gasteiger partial charge is 0.392 e. The normalized spacial score (nSPS) is 35.9. The molecule has 1 aromatic heterocycles. The Morgan fingerprint density at radius 3 is 2.67 bits per heavy atom. The summed E-state index contributed by atoms with van der Waals surface area (Å²) >= 11 is 0. The number of hydrogen-bond acceptors (Lipinski definition) is 7. The van der Waals surface area contributed by atoms with E-state index in [1.54, 1.807) is 0 Å². The molecule has 0 spiro atoms. The predicted octanol–water partition coefficient (Wildman–Crippen LogP) is -3.57. The summed E-state index contributed by atoms with van der Waals surface area (Å²) < 4.78 is 5.97. The van der Waals surface area contributed by atoms with E-state index >= 15 is 0 Å². The van der Waals surface area contributed by atoms with Crippen LogP contribution in [0.5, 0.6) is 0 Å². The van der Waals surface area contributed by atoms with Crippen molar-refractivity contribution in [3.63, 3.8) is 0 Å². The van der Waals surface area contributed by atoms with Crippen LogP contribution in [0.25, 0.3) is 0 Å². The number of aromatic amines is 1. The van der Waals surface area contributed by atoms with E-state index in [1.807, 2.05) is 4.98 Å². The van der Waals surface area contributed by atoms with Gasteiger partial charge in [-0.1, -0.05) is 0 Å². The van der Waals surface area contributed by atoms with E-state index in [0.717, 1.165) is 16.8 Å². The van der Waals surface area contributed by atoms with Gasteiger partial charge in [0.05, 0.1) is 6.61 Å². The molecule has 0 amide bonds. The molecule has 4 atom stereocenters. The maximum Gasteiger partial charge on any atom is 0.330 e. The van der Waals surface area contributed by atoms with E-state index < -0.39 is 42.0 Å². The Kier molecular flexibility index (Phi) is 3.09. The van der Waals surface area contributed by atoms with Crippen LogP contribution in [-0.2, 0) is 4.74 Å². The molecule has 0 radical (unpaired) electrons. The Hall–Kier alpha value is -1.52. The molecule has 9 heteroatoms. The van der Waals surface area contributed by atoms with Gasteiger partial charge in [0.1, 0.15) is 12.2 Å². The highest BCUT2D eigenvalue weighted by Gasteiger charge is 2.52. The second kappa shape index (κ2) is 4.30. The number of aliphatic hydroxyl groups excluding tert-OH is 3. The number of H-pyrrole nitrogens is 1. The Labute approximate surface area is 100 Å². The van der Waals surface area contributed by atoms with Crippen LogP contribution >= 0.6 is 0 Å². The summed E-state index contributed by atoms with van der Waals surface area (Å²) in [6.07, 6.45) is -3.26. The van der Waals surface area contributed by atoms with Crippen molar-refractivity contribution in [1.29, 1.82) is 0 Å². The van der Waals surface area contributed by atoms with Crippen LogP contribution in [0, 0.1) is 0 Å². The van der Waals surface area contributed by atoms with Gasteiger partial charge in [-0.25, -0.2) is 4.79 Å². The average Bonchev–Trinajstić information content (AvgIpc) is 2.55. The predicted molar refractivity (Wildman–Crippen MR) is 57.5 cm³/mol. The quantitative estimate of drug-likeness (QED) is 0.368. The molecule has 2 heterocycles. The number of hydrogen-bond donors (Lipinski definition) is 5. The summed E-state index contributed by atoms with van der Waals surface area (Å²) in [7, 11) is 0. The first-order chi connectivity index (χ1) is 8.39. The van der Waals surface area contributed by atoms with Crippen molar-refractivity contribution in [2.24, 2.45) is 5.73 Å². The summed E-state index contributed by atoms with van der Waals surface area (Å²) in [6, 6.07) is 1.05. The molecule has 0 aromatic carbocycles. The number of rotatable bonds is 2. The molecule has 1 saturated heterocycles. The minimum absolute atomic E-state index is 0.606. The highest BCUT2D eigenvalue weighted by atomic mass is 16.6. The maximum absolute atomic E-state index is 11.5. The molecule has 0 bridgehead atoms. The van der Waals surface area contributed by atoms with Gasteiger partial charge in [-0.05, 0) is 0 Å². The van der Waals surface area contributed by atoms with Gasteiger partial charge in [0.25, 0.3) is 5.56 Å². The monoisotopic (exact) mass is 259 g/mol. The molecule has 0 aliphatic carbocycles. The van der Waals surface area contributed by atoms with Crippen molar-refractivity contribution in [3.05, 3.63) is 33.1 Å². The second-order valence-corrected chi connectivity index (χ2v) is 4.07. The van der Waals surface area contributed by atoms with E-state index in [-0.39, 0.29) is 0 Å². The number of aliphatic hydroxyl groups is 3. The number of nitrogens with two attached hydrogens (primary N) is 1. The van der Waals surface area contributed by atoms with E-state index in [2.05, 4.69) is 0 Å². The lowest BCUT2D eigenvalue weighted by molar-refractivity contribution is -0.125. The Morgan fingerprint density at radius 1 is 1.50 bits per heavy atom. The molecule has 6 N–H and O–H groups in total. The smallest absolute Gasteiger partial charge is 0.330 e. The Balaban J connectivity index is 2.41. The molecule has 100 valence electrons. The van der Waals surface area contributed by atoms with Crippen LogP contribution in [0.4, 0.5) is 0 Å². The number of aromatic nitrogens is 2. The highest BCUT2D eigenvalue weighted by molar-refractivity contribution is 4.98. The van der Waals surface area contributed by atoms with Gasteiger partial charge in [0, 0.05) is 12.3 Å². The molecule has 1 aromatic rings. The van der Waals surface area contributed by atoms with Crippen LogP contribution in [0.2, 0.25) is 0 Å². The SMILES string of the molecule is N[C@]1(CO)OC(n2ccc(=O)[nH]c2=O)[C@H](O)[C@@H]1O. The van der Waals surface area contributed by atoms with E-state index in [9.17, 15) is 19.8 Å². The Morgan fingerprint density at radius 2 is 2.17 bits per heavy atom. The molecule has 0 saturated carbocycles. The standard InChI is InChI=1S/C9H13N3O6/c10-9(3-13)6(16)5(15)7(18-9)12-2-1-4(14)11-8(12)17/h1-2,5-7,13,15-16H,3,10H2,(H,11,14,17)/t5-,6+,7?,9-/m1/s1.